The SMILES string of the molecule is Nc1c(N)c(N)c(-c2ccccc2)c(Oc2c(N)c(N)c(N)c(N)c2-c2ccccc2)c1N. The highest BCUT2D eigenvalue weighted by Crippen LogP contribution is 2.53. The van der Waals surface area contributed by atoms with Crippen LogP contribution in [0.3, 0.4) is 0 Å². The molecule has 16 N–H and O–H groups in total. The van der Waals surface area contributed by atoms with Crippen LogP contribution in [0.2, 0.25) is 0 Å². The van der Waals surface area contributed by atoms with E-state index >= 15 is 0 Å². The first kappa shape index (κ1) is 21.3. The summed E-state index contributed by atoms with van der Waals surface area (Å²) in [5.41, 5.74) is 53.6. The Kier molecular flexibility index (Phi) is 5.15. The molecular weight excluding hydrogens is 416 g/mol. The molecule has 33 heavy (non-hydrogen) atoms. The summed E-state index contributed by atoms with van der Waals surface area (Å²) < 4.78 is 6.36. The molecule has 0 aromatic heterocycles. The molecule has 4 aromatic carbocycles. The third-order valence-electron chi connectivity index (χ3n) is 5.55. The van der Waals surface area contributed by atoms with E-state index in [0.717, 1.165) is 11.1 Å². The van der Waals surface area contributed by atoms with Crippen LogP contribution >= 0.6 is 0 Å². The van der Waals surface area contributed by atoms with E-state index in [9.17, 15) is 0 Å². The zero-order valence-electron chi connectivity index (χ0n) is 17.8. The summed E-state index contributed by atoms with van der Waals surface area (Å²) in [5.74, 6) is 0.357. The fourth-order valence-electron chi connectivity index (χ4n) is 3.71. The van der Waals surface area contributed by atoms with E-state index in [4.69, 9.17) is 50.6 Å². The lowest BCUT2D eigenvalue weighted by atomic mass is 9.97. The molecule has 0 saturated carbocycles. The van der Waals surface area contributed by atoms with Crippen molar-refractivity contribution in [3.05, 3.63) is 60.7 Å². The van der Waals surface area contributed by atoms with Crippen LogP contribution in [0.15, 0.2) is 60.7 Å². The van der Waals surface area contributed by atoms with E-state index in [2.05, 4.69) is 0 Å². The van der Waals surface area contributed by atoms with Gasteiger partial charge in [-0.05, 0) is 11.1 Å². The summed E-state index contributed by atoms with van der Waals surface area (Å²) in [5, 5.41) is 0. The maximum Gasteiger partial charge on any atom is 0.162 e. The first-order valence-electron chi connectivity index (χ1n) is 10.0. The number of nitrogen functional groups attached to an aromatic ring is 8. The Morgan fingerprint density at radius 1 is 0.364 bits per heavy atom. The number of hydrogen-bond donors (Lipinski definition) is 8. The number of ether oxygens (including phenoxy) is 1. The average molecular weight is 443 g/mol. The van der Waals surface area contributed by atoms with Crippen LogP contribution in [0, 0.1) is 0 Å². The van der Waals surface area contributed by atoms with Crippen LogP contribution in [0.4, 0.5) is 45.5 Å². The van der Waals surface area contributed by atoms with E-state index in [1.54, 1.807) is 0 Å². The summed E-state index contributed by atoms with van der Waals surface area (Å²) in [6.45, 7) is 0. The predicted molar refractivity (Wildman–Crippen MR) is 139 cm³/mol. The van der Waals surface area contributed by atoms with Gasteiger partial charge < -0.3 is 50.6 Å². The van der Waals surface area contributed by atoms with Crippen molar-refractivity contribution in [1.29, 1.82) is 0 Å². The smallest absolute Gasteiger partial charge is 0.162 e. The molecule has 0 amide bonds. The van der Waals surface area contributed by atoms with Crippen molar-refractivity contribution in [2.45, 2.75) is 0 Å². The molecule has 0 atom stereocenters. The third kappa shape index (κ3) is 3.37. The van der Waals surface area contributed by atoms with Gasteiger partial charge in [-0.25, -0.2) is 0 Å². The van der Waals surface area contributed by atoms with Gasteiger partial charge in [0.1, 0.15) is 11.4 Å². The number of hydrogen-bond acceptors (Lipinski definition) is 9. The summed E-state index contributed by atoms with van der Waals surface area (Å²) in [4.78, 5) is 0. The molecule has 0 heterocycles. The van der Waals surface area contributed by atoms with Gasteiger partial charge in [0.15, 0.2) is 11.5 Å². The van der Waals surface area contributed by atoms with Gasteiger partial charge in [-0.1, -0.05) is 60.7 Å². The summed E-state index contributed by atoms with van der Waals surface area (Å²) in [7, 11) is 0. The van der Waals surface area contributed by atoms with Crippen molar-refractivity contribution < 1.29 is 4.74 Å². The predicted octanol–water partition coefficient (Wildman–Crippen LogP) is 3.47. The molecule has 0 unspecified atom stereocenters. The van der Waals surface area contributed by atoms with Crippen LogP contribution in [0.1, 0.15) is 0 Å². The van der Waals surface area contributed by atoms with Gasteiger partial charge in [0.25, 0.3) is 0 Å². The van der Waals surface area contributed by atoms with E-state index in [1.165, 1.54) is 0 Å². The van der Waals surface area contributed by atoms with Crippen LogP contribution in [-0.2, 0) is 0 Å². The number of anilines is 8. The highest BCUT2D eigenvalue weighted by Gasteiger charge is 2.26. The molecular formula is C24H26N8O. The topological polar surface area (TPSA) is 217 Å². The maximum absolute atomic E-state index is 6.37. The van der Waals surface area contributed by atoms with Crippen molar-refractivity contribution in [3.63, 3.8) is 0 Å². The minimum atomic E-state index is 0.0957. The molecule has 0 spiro atoms. The molecule has 4 rings (SSSR count). The Balaban J connectivity index is 2.06. The van der Waals surface area contributed by atoms with E-state index in [-0.39, 0.29) is 57.0 Å². The molecule has 0 bridgehead atoms. The minimum absolute atomic E-state index is 0.0957. The van der Waals surface area contributed by atoms with Gasteiger partial charge in [0.2, 0.25) is 0 Å². The highest BCUT2D eigenvalue weighted by molar-refractivity contribution is 6.04. The van der Waals surface area contributed by atoms with E-state index in [1.807, 2.05) is 60.7 Å². The molecule has 9 heteroatoms. The molecule has 0 fully saturated rings. The molecule has 0 saturated heterocycles. The lowest BCUT2D eigenvalue weighted by Crippen LogP contribution is -2.11. The van der Waals surface area contributed by atoms with E-state index in [0.29, 0.717) is 11.1 Å². The Labute approximate surface area is 190 Å². The van der Waals surface area contributed by atoms with Crippen molar-refractivity contribution >= 4 is 45.5 Å². The largest absolute Gasteiger partial charge is 0.451 e. The first-order chi connectivity index (χ1) is 15.7. The molecule has 0 aliphatic carbocycles. The van der Waals surface area contributed by atoms with Crippen molar-refractivity contribution in [2.75, 3.05) is 45.9 Å². The Morgan fingerprint density at radius 2 is 0.667 bits per heavy atom. The molecule has 168 valence electrons. The average Bonchev–Trinajstić information content (AvgIpc) is 2.84. The zero-order valence-corrected chi connectivity index (χ0v) is 17.8. The van der Waals surface area contributed by atoms with Crippen molar-refractivity contribution in [2.24, 2.45) is 0 Å². The lowest BCUT2D eigenvalue weighted by Gasteiger charge is -2.24. The van der Waals surface area contributed by atoms with Crippen molar-refractivity contribution in [1.82, 2.24) is 0 Å². The van der Waals surface area contributed by atoms with Crippen LogP contribution in [0.5, 0.6) is 11.5 Å². The molecule has 0 aliphatic rings. The minimum Gasteiger partial charge on any atom is -0.451 e. The second kappa shape index (κ2) is 7.97. The quantitative estimate of drug-likeness (QED) is 0.216. The fraction of sp³-hybridized carbons (Fsp3) is 0. The summed E-state index contributed by atoms with van der Waals surface area (Å²) in [6, 6.07) is 18.5. The molecule has 4 aromatic rings. The van der Waals surface area contributed by atoms with Gasteiger partial charge in [-0.3, -0.25) is 0 Å². The van der Waals surface area contributed by atoms with Gasteiger partial charge in [-0.2, -0.15) is 0 Å². The van der Waals surface area contributed by atoms with Crippen molar-refractivity contribution in [3.8, 4) is 33.8 Å². The number of rotatable bonds is 4. The van der Waals surface area contributed by atoms with Gasteiger partial charge in [0, 0.05) is 0 Å². The number of benzene rings is 4. The molecule has 0 radical (unpaired) electrons. The molecule has 0 aliphatic heterocycles. The second-order valence-corrected chi connectivity index (χ2v) is 7.55. The van der Waals surface area contributed by atoms with Crippen LogP contribution in [0.25, 0.3) is 22.3 Å². The lowest BCUT2D eigenvalue weighted by molar-refractivity contribution is 0.492. The van der Waals surface area contributed by atoms with Crippen LogP contribution < -0.4 is 50.6 Å². The standard InChI is InChI=1S/C24H26N8O/c25-15-13(11-7-3-1-4-8-11)23(21(31)19(29)17(15)27)33-24-14(12-9-5-2-6-10-12)16(26)18(28)20(30)22(24)32/h1-10H,25-32H2. The Bertz CT molecular complexity index is 1250. The normalized spacial score (nSPS) is 10.8. The van der Waals surface area contributed by atoms with Gasteiger partial charge in [0.05, 0.1) is 45.3 Å². The first-order valence-corrected chi connectivity index (χ1v) is 10.0. The summed E-state index contributed by atoms with van der Waals surface area (Å²) >= 11 is 0. The Hall–Kier alpha value is -4.92. The third-order valence-corrected chi connectivity index (χ3v) is 5.55. The monoisotopic (exact) mass is 442 g/mol. The molecule has 9 nitrogen and oxygen atoms in total. The van der Waals surface area contributed by atoms with Gasteiger partial charge in [-0.15, -0.1) is 0 Å². The van der Waals surface area contributed by atoms with Gasteiger partial charge >= 0.3 is 0 Å². The highest BCUT2D eigenvalue weighted by atomic mass is 16.5. The summed E-state index contributed by atoms with van der Waals surface area (Å²) in [6.07, 6.45) is 0. The second-order valence-electron chi connectivity index (χ2n) is 7.55. The van der Waals surface area contributed by atoms with Crippen LogP contribution in [-0.4, -0.2) is 0 Å². The zero-order chi connectivity index (χ0) is 23.9. The maximum atomic E-state index is 6.37. The number of nitrogens with two attached hydrogens (primary N) is 8. The Morgan fingerprint density at radius 3 is 1.00 bits per heavy atom. The van der Waals surface area contributed by atoms with E-state index < -0.39 is 0 Å². The fourth-order valence-corrected chi connectivity index (χ4v) is 3.71.